The molecule has 1 rings (SSSR count). The first-order valence-corrected chi connectivity index (χ1v) is 6.46. The monoisotopic (exact) mass is 315 g/mol. The Balaban J connectivity index is 2.84. The SMILES string of the molecule is CC(O)c1ccc(Br)c(NC(=O)OC(C)(C)C)c1. The molecule has 0 aliphatic rings. The average molecular weight is 316 g/mol. The molecule has 2 N–H and O–H groups in total. The van der Waals surface area contributed by atoms with E-state index in [0.717, 1.165) is 10.0 Å². The Morgan fingerprint density at radius 3 is 2.56 bits per heavy atom. The van der Waals surface area contributed by atoms with Gasteiger partial charge >= 0.3 is 6.09 Å². The lowest BCUT2D eigenvalue weighted by atomic mass is 10.1. The van der Waals surface area contributed by atoms with Crippen molar-refractivity contribution in [2.24, 2.45) is 0 Å². The molecule has 1 unspecified atom stereocenters. The summed E-state index contributed by atoms with van der Waals surface area (Å²) in [7, 11) is 0. The minimum atomic E-state index is -0.586. The van der Waals surface area contributed by atoms with E-state index in [9.17, 15) is 9.90 Å². The Morgan fingerprint density at radius 2 is 2.06 bits per heavy atom. The third kappa shape index (κ3) is 4.66. The molecule has 1 atom stereocenters. The largest absolute Gasteiger partial charge is 0.444 e. The molecule has 5 heteroatoms. The minimum absolute atomic E-state index is 0.522. The van der Waals surface area contributed by atoms with Gasteiger partial charge in [0.25, 0.3) is 0 Å². The Bertz CT molecular complexity index is 438. The maximum Gasteiger partial charge on any atom is 0.412 e. The van der Waals surface area contributed by atoms with Crippen LogP contribution >= 0.6 is 15.9 Å². The van der Waals surface area contributed by atoms with Gasteiger partial charge in [-0.15, -0.1) is 0 Å². The first kappa shape index (κ1) is 15.0. The van der Waals surface area contributed by atoms with E-state index in [-0.39, 0.29) is 0 Å². The van der Waals surface area contributed by atoms with Gasteiger partial charge in [0.2, 0.25) is 0 Å². The summed E-state index contributed by atoms with van der Waals surface area (Å²) in [5, 5.41) is 12.1. The average Bonchev–Trinajstić information content (AvgIpc) is 2.18. The molecule has 1 aromatic rings. The third-order valence-corrected chi connectivity index (χ3v) is 2.80. The Kier molecular flexibility index (Phi) is 4.76. The highest BCUT2D eigenvalue weighted by atomic mass is 79.9. The van der Waals surface area contributed by atoms with E-state index in [1.54, 1.807) is 45.9 Å². The molecule has 0 fully saturated rings. The summed E-state index contributed by atoms with van der Waals surface area (Å²) in [5.74, 6) is 0. The zero-order chi connectivity index (χ0) is 13.9. The number of rotatable bonds is 2. The normalized spacial score (nSPS) is 13.0. The molecular weight excluding hydrogens is 298 g/mol. The molecule has 0 bridgehead atoms. The van der Waals surface area contributed by atoms with Gasteiger partial charge < -0.3 is 9.84 Å². The number of ether oxygens (including phenoxy) is 1. The smallest absolute Gasteiger partial charge is 0.412 e. The van der Waals surface area contributed by atoms with Crippen molar-refractivity contribution in [1.29, 1.82) is 0 Å². The molecule has 100 valence electrons. The maximum absolute atomic E-state index is 11.6. The van der Waals surface area contributed by atoms with Crippen molar-refractivity contribution in [3.8, 4) is 0 Å². The highest BCUT2D eigenvalue weighted by Gasteiger charge is 2.17. The topological polar surface area (TPSA) is 58.6 Å². The Morgan fingerprint density at radius 1 is 1.44 bits per heavy atom. The van der Waals surface area contributed by atoms with E-state index in [0.29, 0.717) is 5.69 Å². The van der Waals surface area contributed by atoms with E-state index in [1.165, 1.54) is 0 Å². The molecule has 0 radical (unpaired) electrons. The summed E-state index contributed by atoms with van der Waals surface area (Å²) in [6.07, 6.45) is -1.11. The predicted molar refractivity (Wildman–Crippen MR) is 74.6 cm³/mol. The van der Waals surface area contributed by atoms with Gasteiger partial charge in [0, 0.05) is 4.47 Å². The summed E-state index contributed by atoms with van der Waals surface area (Å²) >= 11 is 3.34. The van der Waals surface area contributed by atoms with E-state index in [2.05, 4.69) is 21.2 Å². The van der Waals surface area contributed by atoms with Crippen molar-refractivity contribution < 1.29 is 14.6 Å². The van der Waals surface area contributed by atoms with Crippen LogP contribution < -0.4 is 5.32 Å². The van der Waals surface area contributed by atoms with Gasteiger partial charge in [0.15, 0.2) is 0 Å². The fraction of sp³-hybridized carbons (Fsp3) is 0.462. The molecular formula is C13H18BrNO3. The summed E-state index contributed by atoms with van der Waals surface area (Å²) in [5.41, 5.74) is 0.755. The van der Waals surface area contributed by atoms with Gasteiger partial charge in [0.05, 0.1) is 11.8 Å². The van der Waals surface area contributed by atoms with Crippen molar-refractivity contribution in [2.75, 3.05) is 5.32 Å². The Hall–Kier alpha value is -1.07. The van der Waals surface area contributed by atoms with Crippen molar-refractivity contribution in [3.63, 3.8) is 0 Å². The number of carbonyl (C=O) groups excluding carboxylic acids is 1. The van der Waals surface area contributed by atoms with Crippen molar-refractivity contribution >= 4 is 27.7 Å². The number of carbonyl (C=O) groups is 1. The highest BCUT2D eigenvalue weighted by Crippen LogP contribution is 2.26. The fourth-order valence-electron chi connectivity index (χ4n) is 1.31. The fourth-order valence-corrected chi connectivity index (χ4v) is 1.66. The van der Waals surface area contributed by atoms with Crippen molar-refractivity contribution in [3.05, 3.63) is 28.2 Å². The predicted octanol–water partition coefficient (Wildman–Crippen LogP) is 3.85. The number of hydrogen-bond donors (Lipinski definition) is 2. The standard InChI is InChI=1S/C13H18BrNO3/c1-8(16)9-5-6-10(14)11(7-9)15-12(17)18-13(2,3)4/h5-8,16H,1-4H3,(H,15,17). The minimum Gasteiger partial charge on any atom is -0.444 e. The second kappa shape index (κ2) is 5.71. The van der Waals surface area contributed by atoms with E-state index < -0.39 is 17.8 Å². The zero-order valence-electron chi connectivity index (χ0n) is 11.0. The number of aliphatic hydroxyl groups is 1. The molecule has 0 saturated carbocycles. The van der Waals surface area contributed by atoms with E-state index in [4.69, 9.17) is 4.74 Å². The van der Waals surface area contributed by atoms with Crippen LogP contribution in [0, 0.1) is 0 Å². The van der Waals surface area contributed by atoms with Crippen LogP contribution in [-0.2, 0) is 4.74 Å². The Labute approximate surface area is 115 Å². The summed E-state index contributed by atoms with van der Waals surface area (Å²) in [6.45, 7) is 7.07. The van der Waals surface area contributed by atoms with Crippen LogP contribution in [0.3, 0.4) is 0 Å². The third-order valence-electron chi connectivity index (χ3n) is 2.11. The molecule has 4 nitrogen and oxygen atoms in total. The van der Waals surface area contributed by atoms with Gasteiger partial charge in [-0.1, -0.05) is 6.07 Å². The first-order chi connectivity index (χ1) is 8.19. The number of aliphatic hydroxyl groups excluding tert-OH is 1. The molecule has 0 spiro atoms. The van der Waals surface area contributed by atoms with Crippen LogP contribution in [0.25, 0.3) is 0 Å². The van der Waals surface area contributed by atoms with Gasteiger partial charge in [-0.25, -0.2) is 4.79 Å². The van der Waals surface area contributed by atoms with E-state index in [1.807, 2.05) is 0 Å². The molecule has 0 saturated heterocycles. The first-order valence-electron chi connectivity index (χ1n) is 5.66. The molecule has 0 aromatic heterocycles. The van der Waals surface area contributed by atoms with Crippen LogP contribution in [-0.4, -0.2) is 16.8 Å². The lowest BCUT2D eigenvalue weighted by molar-refractivity contribution is 0.0635. The number of benzene rings is 1. The van der Waals surface area contributed by atoms with Crippen LogP contribution in [0.15, 0.2) is 22.7 Å². The van der Waals surface area contributed by atoms with Crippen LogP contribution in [0.5, 0.6) is 0 Å². The number of nitrogens with one attached hydrogen (secondary N) is 1. The second-order valence-electron chi connectivity index (χ2n) is 5.04. The molecule has 1 aromatic carbocycles. The van der Waals surface area contributed by atoms with Gasteiger partial charge in [-0.05, 0) is 61.3 Å². The zero-order valence-corrected chi connectivity index (χ0v) is 12.5. The van der Waals surface area contributed by atoms with Gasteiger partial charge in [-0.3, -0.25) is 5.32 Å². The van der Waals surface area contributed by atoms with Crippen LogP contribution in [0.4, 0.5) is 10.5 Å². The number of hydrogen-bond acceptors (Lipinski definition) is 3. The molecule has 18 heavy (non-hydrogen) atoms. The van der Waals surface area contributed by atoms with Crippen LogP contribution in [0.2, 0.25) is 0 Å². The lowest BCUT2D eigenvalue weighted by Crippen LogP contribution is -2.27. The van der Waals surface area contributed by atoms with E-state index >= 15 is 0 Å². The van der Waals surface area contributed by atoms with Gasteiger partial charge in [0.1, 0.15) is 5.60 Å². The lowest BCUT2D eigenvalue weighted by Gasteiger charge is -2.20. The maximum atomic E-state index is 11.6. The van der Waals surface area contributed by atoms with Crippen molar-refractivity contribution in [2.45, 2.75) is 39.4 Å². The number of halogens is 1. The molecule has 0 heterocycles. The second-order valence-corrected chi connectivity index (χ2v) is 5.90. The van der Waals surface area contributed by atoms with Crippen molar-refractivity contribution in [1.82, 2.24) is 0 Å². The summed E-state index contributed by atoms with van der Waals surface area (Å²) in [6, 6.07) is 5.27. The highest BCUT2D eigenvalue weighted by molar-refractivity contribution is 9.10. The summed E-state index contributed by atoms with van der Waals surface area (Å²) in [4.78, 5) is 11.6. The number of anilines is 1. The van der Waals surface area contributed by atoms with Gasteiger partial charge in [-0.2, -0.15) is 0 Å². The molecule has 0 aliphatic heterocycles. The quantitative estimate of drug-likeness (QED) is 0.871. The number of amides is 1. The molecule has 1 amide bonds. The summed E-state index contributed by atoms with van der Waals surface area (Å²) < 4.78 is 5.90. The molecule has 0 aliphatic carbocycles. The van der Waals surface area contributed by atoms with Crippen LogP contribution in [0.1, 0.15) is 39.4 Å².